The molecule has 1 aliphatic heterocycles. The normalized spacial score (nSPS) is 16.6. The van der Waals surface area contributed by atoms with Crippen LogP contribution < -0.4 is 0 Å². The Balaban J connectivity index is 0.000000335. The van der Waals surface area contributed by atoms with Crippen molar-refractivity contribution in [1.82, 2.24) is 4.90 Å². The summed E-state index contributed by atoms with van der Waals surface area (Å²) in [7, 11) is 7.99. The topological polar surface area (TPSA) is 29.5 Å². The first-order valence-corrected chi connectivity index (χ1v) is 7.92. The van der Waals surface area contributed by atoms with Gasteiger partial charge >= 0.3 is 5.97 Å². The second kappa shape index (κ2) is 8.37. The van der Waals surface area contributed by atoms with Gasteiger partial charge in [-0.25, -0.2) is 0 Å². The highest BCUT2D eigenvalue weighted by atomic mass is 16.6. The number of nitrogens with zero attached hydrogens (tertiary/aromatic N) is 1. The van der Waals surface area contributed by atoms with E-state index in [1.54, 1.807) is 0 Å². The van der Waals surface area contributed by atoms with Gasteiger partial charge in [0.15, 0.2) is 0 Å². The zero-order valence-corrected chi connectivity index (χ0v) is 14.6. The van der Waals surface area contributed by atoms with E-state index in [1.165, 1.54) is 25.9 Å². The SMILES string of the molecule is CN1CCCC1.[B][C@@H](C(=O)OC(C)(C)C)c1ccc(C)cc1. The van der Waals surface area contributed by atoms with Gasteiger partial charge in [0.05, 0.1) is 7.85 Å². The molecule has 4 heteroatoms. The third kappa shape index (κ3) is 7.12. The molecule has 0 amide bonds. The van der Waals surface area contributed by atoms with E-state index in [2.05, 4.69) is 11.9 Å². The second-order valence-corrected chi connectivity index (χ2v) is 6.93. The predicted molar refractivity (Wildman–Crippen MR) is 92.3 cm³/mol. The highest BCUT2D eigenvalue weighted by molar-refractivity contribution is 6.23. The first-order valence-electron chi connectivity index (χ1n) is 7.92. The zero-order chi connectivity index (χ0) is 16.8. The van der Waals surface area contributed by atoms with Crippen LogP contribution in [0.5, 0.6) is 0 Å². The molecule has 3 nitrogen and oxygen atoms in total. The van der Waals surface area contributed by atoms with Gasteiger partial charge in [-0.3, -0.25) is 4.79 Å². The minimum Gasteiger partial charge on any atom is -0.460 e. The molecule has 2 radical (unpaired) electrons. The van der Waals surface area contributed by atoms with Gasteiger partial charge in [-0.05, 0) is 66.2 Å². The number of carbonyl (C=O) groups is 1. The van der Waals surface area contributed by atoms with Crippen molar-refractivity contribution in [3.8, 4) is 0 Å². The average Bonchev–Trinajstić information content (AvgIpc) is 2.89. The molecule has 1 aromatic rings. The van der Waals surface area contributed by atoms with Gasteiger partial charge in [-0.1, -0.05) is 29.8 Å². The molecule has 0 N–H and O–H groups in total. The van der Waals surface area contributed by atoms with Crippen LogP contribution in [0.2, 0.25) is 0 Å². The molecule has 1 fully saturated rings. The lowest BCUT2D eigenvalue weighted by Gasteiger charge is -2.22. The maximum absolute atomic E-state index is 11.7. The van der Waals surface area contributed by atoms with Crippen LogP contribution in [-0.4, -0.2) is 44.5 Å². The summed E-state index contributed by atoms with van der Waals surface area (Å²) in [5, 5.41) is 0. The highest BCUT2D eigenvalue weighted by Crippen LogP contribution is 2.18. The van der Waals surface area contributed by atoms with E-state index < -0.39 is 17.4 Å². The second-order valence-electron chi connectivity index (χ2n) is 6.93. The van der Waals surface area contributed by atoms with Crippen LogP contribution in [0.3, 0.4) is 0 Å². The Hall–Kier alpha value is -1.29. The smallest absolute Gasteiger partial charge is 0.304 e. The van der Waals surface area contributed by atoms with Gasteiger partial charge in [-0.15, -0.1) is 0 Å². The summed E-state index contributed by atoms with van der Waals surface area (Å²) in [6.07, 6.45) is 2.83. The Morgan fingerprint density at radius 3 is 2.05 bits per heavy atom. The molecule has 0 bridgehead atoms. The fourth-order valence-corrected chi connectivity index (χ4v) is 2.15. The molecule has 22 heavy (non-hydrogen) atoms. The molecule has 0 aliphatic carbocycles. The van der Waals surface area contributed by atoms with Crippen LogP contribution in [0.15, 0.2) is 24.3 Å². The van der Waals surface area contributed by atoms with Crippen molar-refractivity contribution >= 4 is 13.8 Å². The number of hydrogen-bond acceptors (Lipinski definition) is 3. The van der Waals surface area contributed by atoms with Crippen LogP contribution in [0.1, 0.15) is 50.6 Å². The lowest BCUT2D eigenvalue weighted by molar-refractivity contribution is -0.154. The number of aryl methyl sites for hydroxylation is 1. The van der Waals surface area contributed by atoms with E-state index in [-0.39, 0.29) is 0 Å². The van der Waals surface area contributed by atoms with Gasteiger partial charge in [0, 0.05) is 5.82 Å². The van der Waals surface area contributed by atoms with E-state index in [9.17, 15) is 4.79 Å². The van der Waals surface area contributed by atoms with E-state index in [4.69, 9.17) is 12.6 Å². The summed E-state index contributed by atoms with van der Waals surface area (Å²) < 4.78 is 5.22. The van der Waals surface area contributed by atoms with Crippen LogP contribution in [0.25, 0.3) is 0 Å². The molecule has 1 heterocycles. The summed E-state index contributed by atoms with van der Waals surface area (Å²) in [5.74, 6) is -1.10. The maximum Gasteiger partial charge on any atom is 0.304 e. The van der Waals surface area contributed by atoms with Crippen LogP contribution in [0, 0.1) is 6.92 Å². The van der Waals surface area contributed by atoms with E-state index >= 15 is 0 Å². The summed E-state index contributed by atoms with van der Waals surface area (Å²) in [4.78, 5) is 14.1. The van der Waals surface area contributed by atoms with E-state index in [1.807, 2.05) is 52.0 Å². The molecule has 1 aliphatic rings. The van der Waals surface area contributed by atoms with Crippen molar-refractivity contribution in [2.24, 2.45) is 0 Å². The van der Waals surface area contributed by atoms with Crippen molar-refractivity contribution in [3.05, 3.63) is 35.4 Å². The van der Waals surface area contributed by atoms with Crippen molar-refractivity contribution < 1.29 is 9.53 Å². The number of ether oxygens (including phenoxy) is 1. The number of benzene rings is 1. The monoisotopic (exact) mass is 301 g/mol. The molecule has 1 atom stereocenters. The summed E-state index contributed by atoms with van der Waals surface area (Å²) in [5.41, 5.74) is 1.42. The van der Waals surface area contributed by atoms with Gasteiger partial charge in [-0.2, -0.15) is 0 Å². The van der Waals surface area contributed by atoms with Crippen molar-refractivity contribution in [3.63, 3.8) is 0 Å². The zero-order valence-electron chi connectivity index (χ0n) is 14.6. The van der Waals surface area contributed by atoms with Crippen LogP contribution in [-0.2, 0) is 9.53 Å². The van der Waals surface area contributed by atoms with Crippen molar-refractivity contribution in [2.45, 2.75) is 52.0 Å². The molecule has 0 aromatic heterocycles. The summed E-state index contributed by atoms with van der Waals surface area (Å²) in [6, 6.07) is 7.56. The van der Waals surface area contributed by atoms with E-state index in [0.717, 1.165) is 11.1 Å². The molecular weight excluding hydrogens is 273 g/mol. The number of likely N-dealkylation sites (tertiary alicyclic amines) is 1. The summed E-state index contributed by atoms with van der Waals surface area (Å²) in [6.45, 7) is 10.1. The largest absolute Gasteiger partial charge is 0.460 e. The average molecular weight is 301 g/mol. The Kier molecular flexibility index (Phi) is 7.14. The molecule has 2 rings (SSSR count). The molecule has 0 unspecified atom stereocenters. The van der Waals surface area contributed by atoms with Gasteiger partial charge in [0.1, 0.15) is 5.60 Å². The maximum atomic E-state index is 11.7. The first-order chi connectivity index (χ1) is 10.2. The van der Waals surface area contributed by atoms with Crippen molar-refractivity contribution in [1.29, 1.82) is 0 Å². The molecular formula is C18H28BNO2. The number of esters is 1. The Bertz CT molecular complexity index is 459. The highest BCUT2D eigenvalue weighted by Gasteiger charge is 2.22. The lowest BCUT2D eigenvalue weighted by Crippen LogP contribution is -2.28. The number of carbonyl (C=O) groups excluding carboxylic acids is 1. The molecule has 1 saturated heterocycles. The molecule has 0 spiro atoms. The fraction of sp³-hybridized carbons (Fsp3) is 0.611. The van der Waals surface area contributed by atoms with Crippen LogP contribution in [0.4, 0.5) is 0 Å². The predicted octanol–water partition coefficient (Wildman–Crippen LogP) is 3.26. The Morgan fingerprint density at radius 1 is 1.18 bits per heavy atom. The van der Waals surface area contributed by atoms with Gasteiger partial charge in [0.25, 0.3) is 0 Å². The lowest BCUT2D eigenvalue weighted by atomic mass is 9.81. The number of hydrogen-bond donors (Lipinski definition) is 0. The molecule has 0 saturated carbocycles. The minimum atomic E-state index is -0.708. The van der Waals surface area contributed by atoms with Crippen LogP contribution >= 0.6 is 0 Å². The Morgan fingerprint density at radius 2 is 1.68 bits per heavy atom. The fourth-order valence-electron chi connectivity index (χ4n) is 2.15. The molecule has 1 aromatic carbocycles. The van der Waals surface area contributed by atoms with Crippen molar-refractivity contribution in [2.75, 3.05) is 20.1 Å². The third-order valence-electron chi connectivity index (χ3n) is 3.43. The number of rotatable bonds is 2. The van der Waals surface area contributed by atoms with Gasteiger partial charge in [0.2, 0.25) is 0 Å². The standard InChI is InChI=1S/C13H17BO2.C5H11N/c1-9-5-7-10(8-6-9)11(14)12(15)16-13(2,3)4;1-6-4-2-3-5-6/h5-8,11H,1-4H3;2-5H2,1H3/t11-;/m1./s1. The minimum absolute atomic E-state index is 0.392. The van der Waals surface area contributed by atoms with E-state index in [0.29, 0.717) is 0 Å². The first kappa shape index (κ1) is 18.8. The molecule has 120 valence electrons. The van der Waals surface area contributed by atoms with Gasteiger partial charge < -0.3 is 9.64 Å². The Labute approximate surface area is 136 Å². The third-order valence-corrected chi connectivity index (χ3v) is 3.43. The summed E-state index contributed by atoms with van der Waals surface area (Å²) >= 11 is 0. The quantitative estimate of drug-likeness (QED) is 0.620.